The molecular formula is C22H18N4O. The van der Waals surface area contributed by atoms with Crippen molar-refractivity contribution in [3.63, 3.8) is 0 Å². The summed E-state index contributed by atoms with van der Waals surface area (Å²) >= 11 is 0. The quantitative estimate of drug-likeness (QED) is 0.556. The molecule has 0 radical (unpaired) electrons. The SMILES string of the molecule is CN(Cc1ccncc1)C(=O)c1cc(-c2ccncc2)nc2ccccc12. The molecule has 27 heavy (non-hydrogen) atoms. The average Bonchev–Trinajstić information content (AvgIpc) is 2.73. The molecule has 0 unspecified atom stereocenters. The normalized spacial score (nSPS) is 10.7. The molecule has 132 valence electrons. The van der Waals surface area contributed by atoms with Gasteiger partial charge in [0.15, 0.2) is 0 Å². The molecule has 1 aromatic carbocycles. The van der Waals surface area contributed by atoms with Crippen molar-refractivity contribution in [1.82, 2.24) is 19.9 Å². The number of carbonyl (C=O) groups is 1. The van der Waals surface area contributed by atoms with Crippen molar-refractivity contribution >= 4 is 16.8 Å². The summed E-state index contributed by atoms with van der Waals surface area (Å²) in [7, 11) is 1.81. The predicted octanol–water partition coefficient (Wildman–Crippen LogP) is 3.96. The average molecular weight is 354 g/mol. The van der Waals surface area contributed by atoms with Crippen LogP contribution in [0.5, 0.6) is 0 Å². The molecule has 3 heterocycles. The van der Waals surface area contributed by atoms with Gasteiger partial charge in [0.05, 0.1) is 16.8 Å². The van der Waals surface area contributed by atoms with E-state index in [9.17, 15) is 4.79 Å². The van der Waals surface area contributed by atoms with Gasteiger partial charge in [-0.25, -0.2) is 4.98 Å². The number of pyridine rings is 3. The molecule has 5 heteroatoms. The van der Waals surface area contributed by atoms with E-state index in [-0.39, 0.29) is 5.91 Å². The van der Waals surface area contributed by atoms with Gasteiger partial charge < -0.3 is 4.90 Å². The van der Waals surface area contributed by atoms with E-state index < -0.39 is 0 Å². The highest BCUT2D eigenvalue weighted by Gasteiger charge is 2.17. The summed E-state index contributed by atoms with van der Waals surface area (Å²) in [6.45, 7) is 0.516. The van der Waals surface area contributed by atoms with E-state index in [4.69, 9.17) is 4.98 Å². The second kappa shape index (κ2) is 7.33. The zero-order chi connectivity index (χ0) is 18.6. The van der Waals surface area contributed by atoms with Crippen LogP contribution >= 0.6 is 0 Å². The Kier molecular flexibility index (Phi) is 4.58. The van der Waals surface area contributed by atoms with Crippen LogP contribution in [0.4, 0.5) is 0 Å². The molecule has 5 nitrogen and oxygen atoms in total. The summed E-state index contributed by atoms with van der Waals surface area (Å²) in [4.78, 5) is 27.7. The Bertz CT molecular complexity index is 1080. The smallest absolute Gasteiger partial charge is 0.254 e. The van der Waals surface area contributed by atoms with Crippen molar-refractivity contribution in [2.45, 2.75) is 6.54 Å². The van der Waals surface area contributed by atoms with Crippen molar-refractivity contribution in [2.75, 3.05) is 7.05 Å². The van der Waals surface area contributed by atoms with Crippen LogP contribution in [0.2, 0.25) is 0 Å². The number of para-hydroxylation sites is 1. The summed E-state index contributed by atoms with van der Waals surface area (Å²) in [6.07, 6.45) is 6.92. The van der Waals surface area contributed by atoms with E-state index in [0.29, 0.717) is 12.1 Å². The van der Waals surface area contributed by atoms with Crippen molar-refractivity contribution in [1.29, 1.82) is 0 Å². The lowest BCUT2D eigenvalue weighted by molar-refractivity contribution is 0.0787. The Labute approximate surface area is 157 Å². The first-order valence-corrected chi connectivity index (χ1v) is 8.67. The van der Waals surface area contributed by atoms with Crippen LogP contribution < -0.4 is 0 Å². The topological polar surface area (TPSA) is 59.0 Å². The van der Waals surface area contributed by atoms with Crippen molar-refractivity contribution in [3.8, 4) is 11.3 Å². The second-order valence-electron chi connectivity index (χ2n) is 6.32. The number of fused-ring (bicyclic) bond motifs is 1. The largest absolute Gasteiger partial charge is 0.337 e. The number of aromatic nitrogens is 3. The number of amides is 1. The fourth-order valence-electron chi connectivity index (χ4n) is 3.06. The first kappa shape index (κ1) is 16.8. The van der Waals surface area contributed by atoms with Crippen LogP contribution in [0.1, 0.15) is 15.9 Å². The van der Waals surface area contributed by atoms with E-state index in [1.165, 1.54) is 0 Å². The summed E-state index contributed by atoms with van der Waals surface area (Å²) < 4.78 is 0. The van der Waals surface area contributed by atoms with E-state index in [1.807, 2.05) is 61.6 Å². The van der Waals surface area contributed by atoms with Gasteiger partial charge in [0.2, 0.25) is 0 Å². The van der Waals surface area contributed by atoms with Gasteiger partial charge in [-0.2, -0.15) is 0 Å². The minimum atomic E-state index is -0.0410. The van der Waals surface area contributed by atoms with Crippen LogP contribution in [0.3, 0.4) is 0 Å². The number of hydrogen-bond acceptors (Lipinski definition) is 4. The fraction of sp³-hybridized carbons (Fsp3) is 0.0909. The van der Waals surface area contributed by atoms with Crippen molar-refractivity contribution in [3.05, 3.63) is 90.5 Å². The number of rotatable bonds is 4. The molecule has 1 amide bonds. The first-order valence-electron chi connectivity index (χ1n) is 8.67. The Hall–Kier alpha value is -3.60. The maximum Gasteiger partial charge on any atom is 0.254 e. The van der Waals surface area contributed by atoms with Gasteiger partial charge in [0, 0.05) is 49.3 Å². The third kappa shape index (κ3) is 3.53. The molecule has 4 rings (SSSR count). The zero-order valence-corrected chi connectivity index (χ0v) is 14.9. The van der Waals surface area contributed by atoms with E-state index >= 15 is 0 Å². The first-order chi connectivity index (χ1) is 13.2. The van der Waals surface area contributed by atoms with Crippen LogP contribution in [0.15, 0.2) is 79.4 Å². The van der Waals surface area contributed by atoms with Gasteiger partial charge in [0.1, 0.15) is 0 Å². The van der Waals surface area contributed by atoms with Gasteiger partial charge >= 0.3 is 0 Å². The summed E-state index contributed by atoms with van der Waals surface area (Å²) in [5, 5.41) is 0.849. The Morgan fingerprint density at radius 2 is 1.59 bits per heavy atom. The zero-order valence-electron chi connectivity index (χ0n) is 14.9. The maximum atomic E-state index is 13.2. The molecule has 0 saturated heterocycles. The summed E-state index contributed by atoms with van der Waals surface area (Å²) in [6, 6.07) is 17.2. The molecule has 0 aliphatic carbocycles. The van der Waals surface area contributed by atoms with Gasteiger partial charge in [-0.15, -0.1) is 0 Å². The lowest BCUT2D eigenvalue weighted by atomic mass is 10.0. The van der Waals surface area contributed by atoms with E-state index in [1.54, 1.807) is 29.7 Å². The standard InChI is InChI=1S/C22H18N4O/c1-26(15-16-6-10-23-11-7-16)22(27)19-14-21(17-8-12-24-13-9-17)25-20-5-3-2-4-18(19)20/h2-14H,15H2,1H3. The highest BCUT2D eigenvalue weighted by molar-refractivity contribution is 6.07. The maximum absolute atomic E-state index is 13.2. The molecule has 4 aromatic rings. The monoisotopic (exact) mass is 354 g/mol. The minimum Gasteiger partial charge on any atom is -0.337 e. The number of carbonyl (C=O) groups excluding carboxylic acids is 1. The Balaban J connectivity index is 1.76. The molecule has 0 aliphatic heterocycles. The summed E-state index contributed by atoms with van der Waals surface area (Å²) in [5.74, 6) is -0.0410. The second-order valence-corrected chi connectivity index (χ2v) is 6.32. The molecule has 0 spiro atoms. The molecule has 3 aromatic heterocycles. The van der Waals surface area contributed by atoms with Crippen molar-refractivity contribution in [2.24, 2.45) is 0 Å². The molecule has 0 atom stereocenters. The Morgan fingerprint density at radius 1 is 0.926 bits per heavy atom. The highest BCUT2D eigenvalue weighted by Crippen LogP contribution is 2.25. The lowest BCUT2D eigenvalue weighted by Crippen LogP contribution is -2.26. The van der Waals surface area contributed by atoms with E-state index in [2.05, 4.69) is 9.97 Å². The number of nitrogens with zero attached hydrogens (tertiary/aromatic N) is 4. The number of hydrogen-bond donors (Lipinski definition) is 0. The molecule has 0 bridgehead atoms. The third-order valence-corrected chi connectivity index (χ3v) is 4.44. The number of benzene rings is 1. The molecule has 0 saturated carbocycles. The van der Waals surface area contributed by atoms with Crippen LogP contribution in [-0.2, 0) is 6.54 Å². The molecule has 0 aliphatic rings. The van der Waals surface area contributed by atoms with E-state index in [0.717, 1.165) is 27.7 Å². The van der Waals surface area contributed by atoms with Crippen molar-refractivity contribution < 1.29 is 4.79 Å². The van der Waals surface area contributed by atoms with Crippen LogP contribution in [0, 0.1) is 0 Å². The van der Waals surface area contributed by atoms with Gasteiger partial charge in [-0.05, 0) is 42.0 Å². The third-order valence-electron chi connectivity index (χ3n) is 4.44. The lowest BCUT2D eigenvalue weighted by Gasteiger charge is -2.19. The van der Waals surface area contributed by atoms with Crippen LogP contribution in [0.25, 0.3) is 22.2 Å². The van der Waals surface area contributed by atoms with Gasteiger partial charge in [0.25, 0.3) is 5.91 Å². The van der Waals surface area contributed by atoms with Gasteiger partial charge in [-0.3, -0.25) is 14.8 Å². The fourth-order valence-corrected chi connectivity index (χ4v) is 3.06. The minimum absolute atomic E-state index is 0.0410. The van der Waals surface area contributed by atoms with Crippen LogP contribution in [-0.4, -0.2) is 32.8 Å². The summed E-state index contributed by atoms with van der Waals surface area (Å²) in [5.41, 5.74) is 4.17. The Morgan fingerprint density at radius 3 is 2.33 bits per heavy atom. The molecule has 0 fully saturated rings. The molecular weight excluding hydrogens is 336 g/mol. The predicted molar refractivity (Wildman–Crippen MR) is 105 cm³/mol. The van der Waals surface area contributed by atoms with Gasteiger partial charge in [-0.1, -0.05) is 18.2 Å². The molecule has 0 N–H and O–H groups in total. The highest BCUT2D eigenvalue weighted by atomic mass is 16.2.